The van der Waals surface area contributed by atoms with Crippen molar-refractivity contribution < 1.29 is 14.7 Å². The Labute approximate surface area is 187 Å². The van der Waals surface area contributed by atoms with Gasteiger partial charge in [-0.3, -0.25) is 4.79 Å². The van der Waals surface area contributed by atoms with E-state index in [0.29, 0.717) is 29.6 Å². The Bertz CT molecular complexity index is 955. The molecule has 0 spiro atoms. The van der Waals surface area contributed by atoms with E-state index in [0.717, 1.165) is 0 Å². The molecule has 2 fully saturated rings. The van der Waals surface area contributed by atoms with Crippen LogP contribution in [0.4, 0.5) is 5.82 Å². The topological polar surface area (TPSA) is 98.3 Å². The maximum absolute atomic E-state index is 12.4. The van der Waals surface area contributed by atoms with Crippen molar-refractivity contribution in [2.45, 2.75) is 13.0 Å². The number of nitrogens with zero attached hydrogens (tertiary/aromatic N) is 2. The predicted octanol–water partition coefficient (Wildman–Crippen LogP) is 2.59. The summed E-state index contributed by atoms with van der Waals surface area (Å²) in [5.74, 6) is -0.254. The van der Waals surface area contributed by atoms with Gasteiger partial charge in [-0.15, -0.1) is 0 Å². The first-order chi connectivity index (χ1) is 12.8. The molecule has 0 radical (unpaired) electrons. The quantitative estimate of drug-likeness (QED) is 0.504. The van der Waals surface area contributed by atoms with Crippen LogP contribution in [0.15, 0.2) is 12.1 Å². The monoisotopic (exact) mass is 436 g/mol. The molecule has 3 atom stereocenters. The number of H-pyrrole nitrogens is 1. The minimum absolute atomic E-state index is 0. The first-order valence-corrected chi connectivity index (χ1v) is 9.40. The number of amides is 1. The van der Waals surface area contributed by atoms with Crippen LogP contribution in [0.3, 0.4) is 0 Å². The fourth-order valence-corrected chi connectivity index (χ4v) is 4.27. The van der Waals surface area contributed by atoms with E-state index < -0.39 is 5.97 Å². The van der Waals surface area contributed by atoms with Crippen LogP contribution in [0.25, 0.3) is 0 Å². The van der Waals surface area contributed by atoms with E-state index in [1.54, 1.807) is 6.92 Å². The molecule has 28 heavy (non-hydrogen) atoms. The number of fused-ring (bicyclic) bond motifs is 1. The van der Waals surface area contributed by atoms with Crippen LogP contribution in [-0.2, 0) is 0 Å². The summed E-state index contributed by atoms with van der Waals surface area (Å²) in [6, 6.07) is 2.88. The summed E-state index contributed by atoms with van der Waals surface area (Å²) in [7, 11) is 0. The van der Waals surface area contributed by atoms with Crippen molar-refractivity contribution in [1.29, 1.82) is 0 Å². The normalized spacial score (nSPS) is 22.4. The zero-order chi connectivity index (χ0) is 19.5. The average Bonchev–Trinajstić information content (AvgIpc) is 2.95. The Morgan fingerprint density at radius 3 is 2.39 bits per heavy atom. The molecule has 7 nitrogen and oxygen atoms in total. The van der Waals surface area contributed by atoms with Crippen molar-refractivity contribution in [2.75, 3.05) is 18.0 Å². The number of anilines is 1. The number of aryl methyl sites for hydroxylation is 1. The van der Waals surface area contributed by atoms with E-state index in [4.69, 9.17) is 39.9 Å². The van der Waals surface area contributed by atoms with Gasteiger partial charge in [0.1, 0.15) is 16.7 Å². The summed E-state index contributed by atoms with van der Waals surface area (Å²) >= 11 is 18.0. The number of carboxylic acid groups (broad SMARTS) is 1. The summed E-state index contributed by atoms with van der Waals surface area (Å²) < 4.78 is 0. The van der Waals surface area contributed by atoms with Crippen molar-refractivity contribution in [3.05, 3.63) is 44.3 Å². The van der Waals surface area contributed by atoms with Gasteiger partial charge in [0.15, 0.2) is 0 Å². The molecule has 2 aromatic rings. The van der Waals surface area contributed by atoms with Crippen LogP contribution < -0.4 is 10.2 Å². The molecule has 2 aliphatic rings. The first kappa shape index (κ1) is 21.3. The fraction of sp³-hybridized carbons (Fsp3) is 0.353. The Balaban J connectivity index is 0.00000225. The summed E-state index contributed by atoms with van der Waals surface area (Å²) in [5.41, 5.74) is 1.02. The second kappa shape index (κ2) is 7.81. The average molecular weight is 438 g/mol. The zero-order valence-corrected chi connectivity index (χ0v) is 16.4. The number of halogens is 3. The summed E-state index contributed by atoms with van der Waals surface area (Å²) in [5, 5.41) is 12.9. The van der Waals surface area contributed by atoms with Gasteiger partial charge < -0.3 is 20.3 Å². The molecule has 0 bridgehead atoms. The molecular formula is C17H16Cl3LiN4O3. The van der Waals surface area contributed by atoms with E-state index in [1.807, 2.05) is 4.90 Å². The third kappa shape index (κ3) is 3.74. The molecular weight excluding hydrogens is 422 g/mol. The number of aromatic amines is 1. The third-order valence-corrected chi connectivity index (χ3v) is 6.27. The van der Waals surface area contributed by atoms with E-state index >= 15 is 0 Å². The van der Waals surface area contributed by atoms with Gasteiger partial charge in [0.2, 0.25) is 0 Å². The minimum atomic E-state index is -1.05. The number of carbonyl (C=O) groups is 2. The van der Waals surface area contributed by atoms with Crippen molar-refractivity contribution in [2.24, 2.45) is 11.8 Å². The molecule has 4 rings (SSSR count). The number of hydrogen-bond acceptors (Lipinski definition) is 4. The number of carboxylic acids is 1. The van der Waals surface area contributed by atoms with Crippen LogP contribution in [-0.4, -0.2) is 64.9 Å². The van der Waals surface area contributed by atoms with E-state index in [1.165, 1.54) is 12.1 Å². The van der Waals surface area contributed by atoms with E-state index in [2.05, 4.69) is 15.3 Å². The van der Waals surface area contributed by atoms with Crippen molar-refractivity contribution in [1.82, 2.24) is 15.3 Å². The molecule has 0 aromatic carbocycles. The summed E-state index contributed by atoms with van der Waals surface area (Å²) in [6.07, 6.45) is 0. The molecule has 1 saturated heterocycles. The van der Waals surface area contributed by atoms with Crippen molar-refractivity contribution in [3.8, 4) is 0 Å². The summed E-state index contributed by atoms with van der Waals surface area (Å²) in [6.45, 7) is 3.08. The van der Waals surface area contributed by atoms with Crippen molar-refractivity contribution >= 4 is 71.4 Å². The zero-order valence-electron chi connectivity index (χ0n) is 14.1. The molecule has 144 valence electrons. The molecule has 1 unspecified atom stereocenters. The van der Waals surface area contributed by atoms with Crippen LogP contribution in [0, 0.1) is 18.8 Å². The number of hydrogen-bond donors (Lipinski definition) is 3. The molecule has 3 N–H and O–H groups in total. The predicted molar refractivity (Wildman–Crippen MR) is 109 cm³/mol. The molecule has 1 amide bonds. The van der Waals surface area contributed by atoms with Gasteiger partial charge in [-0.05, 0) is 19.1 Å². The van der Waals surface area contributed by atoms with Crippen LogP contribution in [0.2, 0.25) is 15.2 Å². The number of aromatic carboxylic acids is 1. The van der Waals surface area contributed by atoms with Crippen molar-refractivity contribution in [3.63, 3.8) is 0 Å². The summed E-state index contributed by atoms with van der Waals surface area (Å²) in [4.78, 5) is 32.7. The molecule has 1 aliphatic heterocycles. The van der Waals surface area contributed by atoms with Gasteiger partial charge in [0.25, 0.3) is 5.91 Å². The van der Waals surface area contributed by atoms with Crippen LogP contribution >= 0.6 is 34.8 Å². The van der Waals surface area contributed by atoms with E-state index in [9.17, 15) is 9.59 Å². The number of piperidine rings is 1. The van der Waals surface area contributed by atoms with Gasteiger partial charge in [0, 0.05) is 36.7 Å². The SMILES string of the molecule is Cc1[nH]c(C(=O)NC2[C@H]3CN(c4cc(C(=O)O)cc(Cl)n4)C[C@@H]23)c(Cl)c1Cl.[LiH]. The van der Waals surface area contributed by atoms with Crippen LogP contribution in [0.1, 0.15) is 26.5 Å². The second-order valence-electron chi connectivity index (χ2n) is 6.83. The maximum atomic E-state index is 12.4. The Hall–Kier alpha value is -1.36. The first-order valence-electron chi connectivity index (χ1n) is 8.26. The van der Waals surface area contributed by atoms with Gasteiger partial charge in [-0.2, -0.15) is 0 Å². The third-order valence-electron chi connectivity index (χ3n) is 5.12. The number of nitrogens with one attached hydrogen (secondary N) is 2. The molecule has 1 aliphatic carbocycles. The standard InChI is InChI=1S/C17H15Cl3N4O3.Li.H/c1-6-12(19)13(20)15(21-6)16(25)23-14-8-4-24(5-9(8)14)11-3-7(17(26)27)2-10(18)22-11;;/h2-3,8-9,14,21H,4-5H2,1H3,(H,23,25)(H,26,27);;/t8-,9+,14?;;. The fourth-order valence-electron chi connectivity index (χ4n) is 3.65. The number of rotatable bonds is 4. The van der Waals surface area contributed by atoms with Crippen LogP contribution in [0.5, 0.6) is 0 Å². The molecule has 1 saturated carbocycles. The Kier molecular flexibility index (Phi) is 5.95. The second-order valence-corrected chi connectivity index (χ2v) is 7.97. The van der Waals surface area contributed by atoms with Gasteiger partial charge >= 0.3 is 24.8 Å². The molecule has 11 heteroatoms. The van der Waals surface area contributed by atoms with Gasteiger partial charge in [0.05, 0.1) is 15.6 Å². The number of pyridine rings is 1. The number of aromatic nitrogens is 2. The molecule has 3 heterocycles. The Morgan fingerprint density at radius 1 is 1.21 bits per heavy atom. The number of carbonyl (C=O) groups excluding carboxylic acids is 1. The van der Waals surface area contributed by atoms with Gasteiger partial charge in [-0.25, -0.2) is 9.78 Å². The molecule has 2 aromatic heterocycles. The van der Waals surface area contributed by atoms with Gasteiger partial charge in [-0.1, -0.05) is 34.8 Å². The Morgan fingerprint density at radius 2 is 1.86 bits per heavy atom. The van der Waals surface area contributed by atoms with E-state index in [-0.39, 0.29) is 64.1 Å².